The molecule has 0 spiro atoms. The number of thiazole rings is 1. The number of rotatable bonds is 6. The molecule has 2 rings (SSSR count). The second-order valence-corrected chi connectivity index (χ2v) is 6.34. The lowest BCUT2D eigenvalue weighted by Gasteiger charge is -2.16. The van der Waals surface area contributed by atoms with Gasteiger partial charge in [0.1, 0.15) is 10.7 Å². The molecule has 1 heterocycles. The average Bonchev–Trinajstić information content (AvgIpc) is 3.08. The number of carbonyl (C=O) groups excluding carboxylic acids is 1. The van der Waals surface area contributed by atoms with Crippen molar-refractivity contribution in [1.82, 2.24) is 10.3 Å². The maximum atomic E-state index is 12.2. The van der Waals surface area contributed by atoms with Crippen molar-refractivity contribution >= 4 is 28.2 Å². The number of anilines is 2. The maximum absolute atomic E-state index is 12.2. The molecule has 1 unspecified atom stereocenters. The van der Waals surface area contributed by atoms with Crippen LogP contribution in [0.25, 0.3) is 0 Å². The molecule has 0 aromatic carbocycles. The Balaban J connectivity index is 2.01. The third-order valence-corrected chi connectivity index (χ3v) is 4.61. The third kappa shape index (κ3) is 3.59. The number of hydrogen-bond donors (Lipinski definition) is 2. The molecule has 1 aromatic rings. The molecule has 1 atom stereocenters. The molecule has 1 fully saturated rings. The largest absolute Gasteiger partial charge is 0.382 e. The molecular weight excluding hydrogens is 260 g/mol. The minimum absolute atomic E-state index is 0.0874. The summed E-state index contributed by atoms with van der Waals surface area (Å²) in [5.41, 5.74) is 5.82. The highest BCUT2D eigenvalue weighted by molar-refractivity contribution is 7.18. The Kier molecular flexibility index (Phi) is 4.29. The number of hydrogen-bond acceptors (Lipinski definition) is 5. The first-order valence-corrected chi connectivity index (χ1v) is 7.57. The van der Waals surface area contributed by atoms with Crippen LogP contribution < -0.4 is 16.0 Å². The zero-order valence-corrected chi connectivity index (χ0v) is 12.6. The Bertz CT molecular complexity index is 453. The van der Waals surface area contributed by atoms with E-state index in [9.17, 15) is 4.79 Å². The minimum atomic E-state index is -0.0874. The molecule has 0 saturated heterocycles. The van der Waals surface area contributed by atoms with Crippen LogP contribution >= 0.6 is 11.3 Å². The summed E-state index contributed by atoms with van der Waals surface area (Å²) in [6, 6.07) is 0.254. The zero-order valence-electron chi connectivity index (χ0n) is 11.8. The lowest BCUT2D eigenvalue weighted by atomic mass is 10.1. The lowest BCUT2D eigenvalue weighted by molar-refractivity contribution is 0.0937. The van der Waals surface area contributed by atoms with E-state index in [0.29, 0.717) is 10.7 Å². The molecule has 3 N–H and O–H groups in total. The van der Waals surface area contributed by atoms with Gasteiger partial charge in [0.05, 0.1) is 0 Å². The summed E-state index contributed by atoms with van der Waals surface area (Å²) in [6.45, 7) is 2.11. The molecular formula is C13H22N4OS. The van der Waals surface area contributed by atoms with E-state index in [2.05, 4.69) is 17.2 Å². The van der Waals surface area contributed by atoms with E-state index in [0.717, 1.165) is 23.9 Å². The highest BCUT2D eigenvalue weighted by Crippen LogP contribution is 2.34. The van der Waals surface area contributed by atoms with Crippen LogP contribution in [0.5, 0.6) is 0 Å². The first kappa shape index (κ1) is 14.1. The molecule has 6 heteroatoms. The Morgan fingerprint density at radius 1 is 1.58 bits per heavy atom. The van der Waals surface area contributed by atoms with Crippen LogP contribution in [0.1, 0.15) is 42.3 Å². The zero-order chi connectivity index (χ0) is 14.0. The summed E-state index contributed by atoms with van der Waals surface area (Å²) >= 11 is 1.34. The van der Waals surface area contributed by atoms with Gasteiger partial charge in [0.15, 0.2) is 5.13 Å². The highest BCUT2D eigenvalue weighted by atomic mass is 32.1. The fourth-order valence-electron chi connectivity index (χ4n) is 2.01. The standard InChI is InChI=1S/C13H22N4OS/c1-4-9(7-8-5-6-8)15-12(18)10-11(14)16-13(19-10)17(2)3/h8-9H,4-7,14H2,1-3H3,(H,15,18). The number of nitrogens with two attached hydrogens (primary N) is 1. The van der Waals surface area contributed by atoms with E-state index in [4.69, 9.17) is 5.73 Å². The molecule has 19 heavy (non-hydrogen) atoms. The van der Waals surface area contributed by atoms with Crippen molar-refractivity contribution in [2.75, 3.05) is 24.7 Å². The molecule has 5 nitrogen and oxygen atoms in total. The Labute approximate surface area is 118 Å². The van der Waals surface area contributed by atoms with Gasteiger partial charge in [-0.1, -0.05) is 31.1 Å². The number of nitrogens with zero attached hydrogens (tertiary/aromatic N) is 2. The van der Waals surface area contributed by atoms with Crippen molar-refractivity contribution in [3.63, 3.8) is 0 Å². The minimum Gasteiger partial charge on any atom is -0.382 e. The Morgan fingerprint density at radius 2 is 2.26 bits per heavy atom. The van der Waals surface area contributed by atoms with Crippen molar-refractivity contribution in [3.05, 3.63) is 4.88 Å². The summed E-state index contributed by atoms with van der Waals surface area (Å²) in [5, 5.41) is 3.84. The molecule has 1 amide bonds. The second kappa shape index (κ2) is 5.77. The highest BCUT2D eigenvalue weighted by Gasteiger charge is 2.26. The smallest absolute Gasteiger partial charge is 0.265 e. The summed E-state index contributed by atoms with van der Waals surface area (Å²) < 4.78 is 0. The first-order valence-electron chi connectivity index (χ1n) is 6.75. The van der Waals surface area contributed by atoms with Gasteiger partial charge in [0, 0.05) is 20.1 Å². The molecule has 1 aliphatic rings. The molecule has 1 aliphatic carbocycles. The molecule has 0 radical (unpaired) electrons. The van der Waals surface area contributed by atoms with Crippen molar-refractivity contribution < 1.29 is 4.79 Å². The monoisotopic (exact) mass is 282 g/mol. The van der Waals surface area contributed by atoms with Gasteiger partial charge in [-0.05, 0) is 18.8 Å². The number of nitrogen functional groups attached to an aromatic ring is 1. The van der Waals surface area contributed by atoms with E-state index in [1.54, 1.807) is 0 Å². The molecule has 106 valence electrons. The average molecular weight is 282 g/mol. The normalized spacial score (nSPS) is 16.2. The van der Waals surface area contributed by atoms with Gasteiger partial charge in [0.25, 0.3) is 5.91 Å². The SMILES string of the molecule is CCC(CC1CC1)NC(=O)c1sc(N(C)C)nc1N. The second-order valence-electron chi connectivity index (χ2n) is 5.36. The van der Waals surface area contributed by atoms with Gasteiger partial charge in [-0.2, -0.15) is 0 Å². The van der Waals surface area contributed by atoms with Crippen LogP contribution in [0.4, 0.5) is 10.9 Å². The third-order valence-electron chi connectivity index (χ3n) is 3.37. The van der Waals surface area contributed by atoms with Gasteiger partial charge in [0.2, 0.25) is 0 Å². The molecule has 1 saturated carbocycles. The molecule has 0 bridgehead atoms. The maximum Gasteiger partial charge on any atom is 0.265 e. The number of carbonyl (C=O) groups is 1. The van der Waals surface area contributed by atoms with Crippen LogP contribution in [0.15, 0.2) is 0 Å². The van der Waals surface area contributed by atoms with Crippen LogP contribution in [0, 0.1) is 5.92 Å². The van der Waals surface area contributed by atoms with Crippen LogP contribution in [0.2, 0.25) is 0 Å². The van der Waals surface area contributed by atoms with Gasteiger partial charge in [-0.25, -0.2) is 4.98 Å². The van der Waals surface area contributed by atoms with E-state index >= 15 is 0 Å². The predicted molar refractivity (Wildman–Crippen MR) is 79.7 cm³/mol. The van der Waals surface area contributed by atoms with Crippen molar-refractivity contribution in [3.8, 4) is 0 Å². The summed E-state index contributed by atoms with van der Waals surface area (Å²) in [7, 11) is 3.78. The van der Waals surface area contributed by atoms with E-state index < -0.39 is 0 Å². The van der Waals surface area contributed by atoms with Crippen LogP contribution in [-0.2, 0) is 0 Å². The Morgan fingerprint density at radius 3 is 2.74 bits per heavy atom. The number of amides is 1. The van der Waals surface area contributed by atoms with Gasteiger partial charge < -0.3 is 16.0 Å². The summed E-state index contributed by atoms with van der Waals surface area (Å²) in [6.07, 6.45) is 4.66. The topological polar surface area (TPSA) is 71.2 Å². The number of aromatic nitrogens is 1. The summed E-state index contributed by atoms with van der Waals surface area (Å²) in [5.74, 6) is 1.05. The van der Waals surface area contributed by atoms with Crippen molar-refractivity contribution in [1.29, 1.82) is 0 Å². The quantitative estimate of drug-likeness (QED) is 0.838. The van der Waals surface area contributed by atoms with Crippen LogP contribution in [-0.4, -0.2) is 31.0 Å². The van der Waals surface area contributed by atoms with Crippen molar-refractivity contribution in [2.45, 2.75) is 38.6 Å². The molecule has 0 aliphatic heterocycles. The van der Waals surface area contributed by atoms with E-state index in [-0.39, 0.29) is 11.9 Å². The fourth-order valence-corrected chi connectivity index (χ4v) is 2.82. The van der Waals surface area contributed by atoms with Gasteiger partial charge >= 0.3 is 0 Å². The summed E-state index contributed by atoms with van der Waals surface area (Å²) in [4.78, 5) is 18.8. The Hall–Kier alpha value is -1.30. The van der Waals surface area contributed by atoms with Crippen LogP contribution in [0.3, 0.4) is 0 Å². The van der Waals surface area contributed by atoms with E-state index in [1.165, 1.54) is 24.2 Å². The molecule has 1 aromatic heterocycles. The van der Waals surface area contributed by atoms with Gasteiger partial charge in [-0.15, -0.1) is 0 Å². The predicted octanol–water partition coefficient (Wildman–Crippen LogP) is 2.10. The number of nitrogens with one attached hydrogen (secondary N) is 1. The lowest BCUT2D eigenvalue weighted by Crippen LogP contribution is -2.34. The first-order chi connectivity index (χ1) is 9.01. The van der Waals surface area contributed by atoms with E-state index in [1.807, 2.05) is 19.0 Å². The van der Waals surface area contributed by atoms with Crippen molar-refractivity contribution in [2.24, 2.45) is 5.92 Å². The fraction of sp³-hybridized carbons (Fsp3) is 0.692. The van der Waals surface area contributed by atoms with Gasteiger partial charge in [-0.3, -0.25) is 4.79 Å².